The normalized spacial score (nSPS) is 16.4. The lowest BCUT2D eigenvalue weighted by Crippen LogP contribution is -2.15. The van der Waals surface area contributed by atoms with Gasteiger partial charge in [-0.3, -0.25) is 4.57 Å². The average Bonchev–Trinajstić information content (AvgIpc) is 2.24. The fourth-order valence-electron chi connectivity index (χ4n) is 0.728. The SMILES string of the molecule is O=CCC(O)CO[PH](=O)OCC(O)CC=O. The van der Waals surface area contributed by atoms with Gasteiger partial charge in [0.15, 0.2) is 0 Å². The lowest BCUT2D eigenvalue weighted by atomic mass is 10.3. The zero-order chi connectivity index (χ0) is 12.4. The Morgan fingerprint density at radius 2 is 1.38 bits per heavy atom. The molecule has 2 N–H and O–H groups in total. The van der Waals surface area contributed by atoms with Gasteiger partial charge in [0.1, 0.15) is 12.6 Å². The second kappa shape index (κ2) is 9.62. The van der Waals surface area contributed by atoms with Crippen molar-refractivity contribution in [1.29, 1.82) is 0 Å². The van der Waals surface area contributed by atoms with E-state index in [9.17, 15) is 14.2 Å². The Labute approximate surface area is 93.3 Å². The van der Waals surface area contributed by atoms with E-state index in [2.05, 4.69) is 9.05 Å². The molecular weight excluding hydrogens is 239 g/mol. The van der Waals surface area contributed by atoms with Crippen LogP contribution in [0.25, 0.3) is 0 Å². The Kier molecular flexibility index (Phi) is 9.27. The van der Waals surface area contributed by atoms with E-state index in [-0.39, 0.29) is 26.1 Å². The fraction of sp³-hybridized carbons (Fsp3) is 0.750. The average molecular weight is 254 g/mol. The highest BCUT2D eigenvalue weighted by molar-refractivity contribution is 7.33. The summed E-state index contributed by atoms with van der Waals surface area (Å²) in [5.74, 6) is 0. The van der Waals surface area contributed by atoms with Crippen LogP contribution in [0.2, 0.25) is 0 Å². The van der Waals surface area contributed by atoms with Crippen LogP contribution in [0.15, 0.2) is 0 Å². The number of carbonyl (C=O) groups is 2. The highest BCUT2D eigenvalue weighted by atomic mass is 31.1. The summed E-state index contributed by atoms with van der Waals surface area (Å²) in [7, 11) is -2.82. The van der Waals surface area contributed by atoms with Crippen LogP contribution in [0.1, 0.15) is 12.8 Å². The molecule has 0 aromatic rings. The topological polar surface area (TPSA) is 110 Å². The summed E-state index contributed by atoms with van der Waals surface area (Å²) in [6.45, 7) is -0.555. The molecule has 7 nitrogen and oxygen atoms in total. The maximum atomic E-state index is 11.0. The van der Waals surface area contributed by atoms with E-state index in [4.69, 9.17) is 10.2 Å². The van der Waals surface area contributed by atoms with Crippen LogP contribution in [-0.2, 0) is 23.2 Å². The molecule has 8 heteroatoms. The lowest BCUT2D eigenvalue weighted by Gasteiger charge is -2.10. The summed E-state index contributed by atoms with van der Waals surface area (Å²) in [5.41, 5.74) is 0. The molecule has 16 heavy (non-hydrogen) atoms. The third-order valence-corrected chi connectivity index (χ3v) is 2.33. The molecule has 0 radical (unpaired) electrons. The molecule has 0 spiro atoms. The Bertz CT molecular complexity index is 210. The van der Waals surface area contributed by atoms with Crippen LogP contribution in [-0.4, -0.2) is 48.2 Å². The molecule has 94 valence electrons. The van der Waals surface area contributed by atoms with E-state index >= 15 is 0 Å². The molecule has 0 bridgehead atoms. The first kappa shape index (κ1) is 15.4. The van der Waals surface area contributed by atoms with Crippen molar-refractivity contribution in [2.75, 3.05) is 13.2 Å². The Morgan fingerprint density at radius 1 is 1.00 bits per heavy atom. The number of rotatable bonds is 10. The molecule has 0 heterocycles. The fourth-order valence-corrected chi connectivity index (χ4v) is 1.47. The van der Waals surface area contributed by atoms with Gasteiger partial charge in [-0.15, -0.1) is 0 Å². The van der Waals surface area contributed by atoms with Crippen LogP contribution in [0.3, 0.4) is 0 Å². The Hall–Kier alpha value is -0.590. The molecule has 0 aromatic heterocycles. The number of aldehydes is 2. The predicted molar refractivity (Wildman–Crippen MR) is 54.3 cm³/mol. The maximum Gasteiger partial charge on any atom is 0.319 e. The van der Waals surface area contributed by atoms with Crippen molar-refractivity contribution in [2.45, 2.75) is 25.0 Å². The molecule has 0 aliphatic heterocycles. The maximum absolute atomic E-state index is 11.0. The van der Waals surface area contributed by atoms with Crippen molar-refractivity contribution < 1.29 is 33.4 Å². The van der Waals surface area contributed by atoms with E-state index in [1.807, 2.05) is 0 Å². The third kappa shape index (κ3) is 8.70. The van der Waals surface area contributed by atoms with Gasteiger partial charge in [-0.1, -0.05) is 0 Å². The summed E-state index contributed by atoms with van der Waals surface area (Å²) in [5, 5.41) is 18.1. The number of carbonyl (C=O) groups excluding carboxylic acids is 2. The highest BCUT2D eigenvalue weighted by Gasteiger charge is 2.09. The number of hydrogen-bond acceptors (Lipinski definition) is 7. The smallest absolute Gasteiger partial charge is 0.319 e. The largest absolute Gasteiger partial charge is 0.390 e. The van der Waals surface area contributed by atoms with Gasteiger partial charge >= 0.3 is 8.25 Å². The predicted octanol–water partition coefficient (Wildman–Crippen LogP) is -0.691. The minimum atomic E-state index is -2.82. The van der Waals surface area contributed by atoms with Gasteiger partial charge in [0, 0.05) is 12.8 Å². The molecule has 0 amide bonds. The molecule has 0 aromatic carbocycles. The van der Waals surface area contributed by atoms with E-state index in [1.54, 1.807) is 0 Å². The summed E-state index contributed by atoms with van der Waals surface area (Å²) in [4.78, 5) is 19.9. The number of hydrogen-bond donors (Lipinski definition) is 2. The molecule has 0 aliphatic rings. The van der Waals surface area contributed by atoms with Gasteiger partial charge in [-0.2, -0.15) is 0 Å². The summed E-state index contributed by atoms with van der Waals surface area (Å²) < 4.78 is 20.2. The highest BCUT2D eigenvalue weighted by Crippen LogP contribution is 2.24. The molecule has 0 saturated heterocycles. The zero-order valence-corrected chi connectivity index (χ0v) is 9.57. The monoisotopic (exact) mass is 254 g/mol. The van der Waals surface area contributed by atoms with E-state index < -0.39 is 20.5 Å². The summed E-state index contributed by atoms with van der Waals surface area (Å²) >= 11 is 0. The van der Waals surface area contributed by atoms with Gasteiger partial charge in [-0.25, -0.2) is 0 Å². The summed E-state index contributed by atoms with van der Waals surface area (Å²) in [6.07, 6.45) is -1.23. The molecule has 2 unspecified atom stereocenters. The molecule has 0 fully saturated rings. The van der Waals surface area contributed by atoms with Gasteiger partial charge < -0.3 is 28.8 Å². The van der Waals surface area contributed by atoms with E-state index in [1.165, 1.54) is 0 Å². The van der Waals surface area contributed by atoms with Gasteiger partial charge in [0.2, 0.25) is 0 Å². The van der Waals surface area contributed by atoms with Gasteiger partial charge in [-0.05, 0) is 0 Å². The third-order valence-electron chi connectivity index (χ3n) is 1.52. The van der Waals surface area contributed by atoms with Crippen molar-refractivity contribution in [2.24, 2.45) is 0 Å². The van der Waals surface area contributed by atoms with Crippen LogP contribution in [0.4, 0.5) is 0 Å². The van der Waals surface area contributed by atoms with Crippen molar-refractivity contribution in [3.8, 4) is 0 Å². The second-order valence-electron chi connectivity index (χ2n) is 2.98. The number of aliphatic hydroxyl groups excluding tert-OH is 2. The summed E-state index contributed by atoms with van der Waals surface area (Å²) in [6, 6.07) is 0. The number of aliphatic hydroxyl groups is 2. The standard InChI is InChI=1S/C8H15O7P/c9-3-1-7(11)5-14-16(13)15-6-8(12)2-4-10/h3-4,7-8,11-12,16H,1-2,5-6H2. The Balaban J connectivity index is 3.58. The molecule has 0 rings (SSSR count). The molecular formula is C8H15O7P. The van der Waals surface area contributed by atoms with E-state index in [0.29, 0.717) is 12.6 Å². The van der Waals surface area contributed by atoms with Crippen LogP contribution < -0.4 is 0 Å². The van der Waals surface area contributed by atoms with E-state index in [0.717, 1.165) is 0 Å². The van der Waals surface area contributed by atoms with Crippen molar-refractivity contribution in [3.63, 3.8) is 0 Å². The van der Waals surface area contributed by atoms with Gasteiger partial charge in [0.25, 0.3) is 0 Å². The van der Waals surface area contributed by atoms with Crippen molar-refractivity contribution in [1.82, 2.24) is 0 Å². The van der Waals surface area contributed by atoms with Crippen LogP contribution >= 0.6 is 8.25 Å². The van der Waals surface area contributed by atoms with Crippen molar-refractivity contribution in [3.05, 3.63) is 0 Å². The van der Waals surface area contributed by atoms with Gasteiger partial charge in [0.05, 0.1) is 25.4 Å². The molecule has 2 atom stereocenters. The Morgan fingerprint density at radius 3 is 1.69 bits per heavy atom. The first-order chi connectivity index (χ1) is 7.60. The van der Waals surface area contributed by atoms with Crippen LogP contribution in [0, 0.1) is 0 Å². The first-order valence-corrected chi connectivity index (χ1v) is 5.85. The quantitative estimate of drug-likeness (QED) is 0.392. The van der Waals surface area contributed by atoms with Crippen molar-refractivity contribution >= 4 is 20.8 Å². The second-order valence-corrected chi connectivity index (χ2v) is 4.06. The first-order valence-electron chi connectivity index (χ1n) is 4.63. The van der Waals surface area contributed by atoms with Crippen LogP contribution in [0.5, 0.6) is 0 Å². The molecule has 0 saturated carbocycles. The zero-order valence-electron chi connectivity index (χ0n) is 8.57. The molecule has 0 aliphatic carbocycles. The lowest BCUT2D eigenvalue weighted by molar-refractivity contribution is -0.110. The minimum Gasteiger partial charge on any atom is -0.390 e. The minimum absolute atomic E-state index is 0.108.